The first-order valence-electron chi connectivity index (χ1n) is 9.01. The van der Waals surface area contributed by atoms with E-state index in [1.54, 1.807) is 0 Å². The maximum Gasteiger partial charge on any atom is 0.405 e. The van der Waals surface area contributed by atoms with Crippen LogP contribution in [0.25, 0.3) is 0 Å². The monoisotopic (exact) mass is 343 g/mol. The number of ether oxygens (including phenoxy) is 1. The Bertz CT molecular complexity index is 375. The smallest absolute Gasteiger partial charge is 0.405 e. The van der Waals surface area contributed by atoms with Crippen LogP contribution in [-0.2, 0) is 14.3 Å². The molecule has 0 bridgehead atoms. The van der Waals surface area contributed by atoms with Gasteiger partial charge in [-0.15, -0.1) is 0 Å². The SMILES string of the molecule is CCCCCCNC(=O)C(CNC(=O)CCCCCC)OC(N)=O. The minimum Gasteiger partial charge on any atom is -0.434 e. The lowest BCUT2D eigenvalue weighted by Gasteiger charge is -2.17. The molecule has 0 spiro atoms. The van der Waals surface area contributed by atoms with Gasteiger partial charge in [-0.3, -0.25) is 9.59 Å². The van der Waals surface area contributed by atoms with Crippen LogP contribution in [0.3, 0.4) is 0 Å². The van der Waals surface area contributed by atoms with Crippen LogP contribution in [0.4, 0.5) is 4.79 Å². The van der Waals surface area contributed by atoms with E-state index in [1.165, 1.54) is 0 Å². The van der Waals surface area contributed by atoms with Crippen LogP contribution in [0.2, 0.25) is 0 Å². The first-order valence-corrected chi connectivity index (χ1v) is 9.01. The van der Waals surface area contributed by atoms with E-state index in [4.69, 9.17) is 10.5 Å². The molecule has 7 nitrogen and oxygen atoms in total. The van der Waals surface area contributed by atoms with Gasteiger partial charge in [0.05, 0.1) is 6.54 Å². The Morgan fingerprint density at radius 1 is 0.917 bits per heavy atom. The average Bonchev–Trinajstić information content (AvgIpc) is 2.54. The molecule has 0 aliphatic carbocycles. The second-order valence-electron chi connectivity index (χ2n) is 5.89. The van der Waals surface area contributed by atoms with Crippen LogP contribution >= 0.6 is 0 Å². The first kappa shape index (κ1) is 22.2. The fourth-order valence-corrected chi connectivity index (χ4v) is 2.21. The van der Waals surface area contributed by atoms with Crippen molar-refractivity contribution in [3.05, 3.63) is 0 Å². The van der Waals surface area contributed by atoms with Gasteiger partial charge in [0, 0.05) is 13.0 Å². The van der Waals surface area contributed by atoms with Crippen LogP contribution < -0.4 is 16.4 Å². The van der Waals surface area contributed by atoms with Crippen molar-refractivity contribution in [2.45, 2.75) is 77.7 Å². The maximum absolute atomic E-state index is 12.0. The molecule has 4 N–H and O–H groups in total. The number of unbranched alkanes of at least 4 members (excludes halogenated alkanes) is 6. The quantitative estimate of drug-likeness (QED) is 0.420. The Labute approximate surface area is 145 Å². The van der Waals surface area contributed by atoms with Crippen LogP contribution in [0, 0.1) is 0 Å². The van der Waals surface area contributed by atoms with Crippen molar-refractivity contribution in [1.29, 1.82) is 0 Å². The number of nitrogens with two attached hydrogens (primary N) is 1. The molecule has 0 saturated heterocycles. The summed E-state index contributed by atoms with van der Waals surface area (Å²) in [5.41, 5.74) is 4.99. The molecule has 0 aromatic rings. The standard InChI is InChI=1S/C17H33N3O4/c1-3-5-7-9-11-15(21)20-13-14(24-17(18)23)16(22)19-12-10-8-6-4-2/h14H,3-13H2,1-2H3,(H2,18,23)(H,19,22)(H,20,21). The van der Waals surface area contributed by atoms with Gasteiger partial charge in [0.15, 0.2) is 6.10 Å². The molecule has 140 valence electrons. The van der Waals surface area contributed by atoms with Gasteiger partial charge in [-0.2, -0.15) is 0 Å². The highest BCUT2D eigenvalue weighted by Crippen LogP contribution is 2.02. The number of carbonyl (C=O) groups is 3. The Balaban J connectivity index is 4.13. The second kappa shape index (κ2) is 14.8. The van der Waals surface area contributed by atoms with Gasteiger partial charge >= 0.3 is 6.09 Å². The van der Waals surface area contributed by atoms with Crippen molar-refractivity contribution in [2.75, 3.05) is 13.1 Å². The summed E-state index contributed by atoms with van der Waals surface area (Å²) in [6.45, 7) is 4.67. The maximum atomic E-state index is 12.0. The summed E-state index contributed by atoms with van der Waals surface area (Å²) < 4.78 is 4.80. The number of hydrogen-bond donors (Lipinski definition) is 3. The van der Waals surface area contributed by atoms with Gasteiger partial charge in [-0.05, 0) is 12.8 Å². The molecule has 0 fully saturated rings. The van der Waals surface area contributed by atoms with Crippen molar-refractivity contribution < 1.29 is 19.1 Å². The normalized spacial score (nSPS) is 11.6. The summed E-state index contributed by atoms with van der Waals surface area (Å²) in [5, 5.41) is 5.33. The van der Waals surface area contributed by atoms with Crippen LogP contribution in [0.5, 0.6) is 0 Å². The number of primary amides is 1. The molecule has 0 aliphatic rings. The molecule has 0 radical (unpaired) electrons. The minimum atomic E-state index is -1.09. The predicted molar refractivity (Wildman–Crippen MR) is 93.4 cm³/mol. The number of amides is 3. The highest BCUT2D eigenvalue weighted by atomic mass is 16.6. The zero-order valence-corrected chi connectivity index (χ0v) is 15.1. The second-order valence-corrected chi connectivity index (χ2v) is 5.89. The lowest BCUT2D eigenvalue weighted by molar-refractivity contribution is -0.130. The van der Waals surface area contributed by atoms with E-state index in [0.29, 0.717) is 13.0 Å². The van der Waals surface area contributed by atoms with Gasteiger partial charge < -0.3 is 21.1 Å². The summed E-state index contributed by atoms with van der Waals surface area (Å²) in [6.07, 6.45) is 6.44. The van der Waals surface area contributed by atoms with E-state index in [2.05, 4.69) is 24.5 Å². The summed E-state index contributed by atoms with van der Waals surface area (Å²) in [7, 11) is 0. The largest absolute Gasteiger partial charge is 0.434 e. The van der Waals surface area contributed by atoms with Gasteiger partial charge in [-0.1, -0.05) is 52.4 Å². The Kier molecular flexibility index (Phi) is 13.7. The number of carbonyl (C=O) groups excluding carboxylic acids is 3. The molecule has 0 saturated carbocycles. The zero-order chi connectivity index (χ0) is 18.2. The third-order valence-electron chi connectivity index (χ3n) is 3.62. The molecule has 1 unspecified atom stereocenters. The van der Waals surface area contributed by atoms with E-state index < -0.39 is 18.1 Å². The highest BCUT2D eigenvalue weighted by molar-refractivity contribution is 5.84. The van der Waals surface area contributed by atoms with Gasteiger partial charge in [0.2, 0.25) is 5.91 Å². The predicted octanol–water partition coefficient (Wildman–Crippen LogP) is 2.23. The lowest BCUT2D eigenvalue weighted by Crippen LogP contribution is -2.46. The summed E-state index contributed by atoms with van der Waals surface area (Å²) >= 11 is 0. The lowest BCUT2D eigenvalue weighted by atomic mass is 10.1. The molecule has 0 heterocycles. The Hall–Kier alpha value is -1.79. The van der Waals surface area contributed by atoms with E-state index >= 15 is 0 Å². The Morgan fingerprint density at radius 2 is 1.54 bits per heavy atom. The molecule has 1 atom stereocenters. The summed E-state index contributed by atoms with van der Waals surface area (Å²) in [5.74, 6) is -0.587. The Morgan fingerprint density at radius 3 is 2.12 bits per heavy atom. The summed E-state index contributed by atoms with van der Waals surface area (Å²) in [6, 6.07) is 0. The van der Waals surface area contributed by atoms with Crippen LogP contribution in [-0.4, -0.2) is 37.1 Å². The van der Waals surface area contributed by atoms with E-state index in [0.717, 1.165) is 51.4 Å². The molecular formula is C17H33N3O4. The number of hydrogen-bond acceptors (Lipinski definition) is 4. The van der Waals surface area contributed by atoms with Crippen molar-refractivity contribution in [3.8, 4) is 0 Å². The van der Waals surface area contributed by atoms with Gasteiger partial charge in [-0.25, -0.2) is 4.79 Å². The van der Waals surface area contributed by atoms with Crippen molar-refractivity contribution >= 4 is 17.9 Å². The van der Waals surface area contributed by atoms with Crippen LogP contribution in [0.15, 0.2) is 0 Å². The van der Waals surface area contributed by atoms with Gasteiger partial charge in [0.25, 0.3) is 5.91 Å². The molecule has 0 aromatic heterocycles. The van der Waals surface area contributed by atoms with E-state index in [1.807, 2.05) is 0 Å². The van der Waals surface area contributed by atoms with Crippen molar-refractivity contribution in [3.63, 3.8) is 0 Å². The third-order valence-corrected chi connectivity index (χ3v) is 3.62. The average molecular weight is 343 g/mol. The molecule has 24 heavy (non-hydrogen) atoms. The molecule has 7 heteroatoms. The molecule has 0 aromatic carbocycles. The molecular weight excluding hydrogens is 310 g/mol. The fraction of sp³-hybridized carbons (Fsp3) is 0.824. The van der Waals surface area contributed by atoms with E-state index in [-0.39, 0.29) is 12.5 Å². The third kappa shape index (κ3) is 12.7. The number of nitrogens with one attached hydrogen (secondary N) is 2. The van der Waals surface area contributed by atoms with Crippen molar-refractivity contribution in [1.82, 2.24) is 10.6 Å². The minimum absolute atomic E-state index is 0.0592. The zero-order valence-electron chi connectivity index (χ0n) is 15.1. The highest BCUT2D eigenvalue weighted by Gasteiger charge is 2.22. The van der Waals surface area contributed by atoms with Gasteiger partial charge in [0.1, 0.15) is 0 Å². The summed E-state index contributed by atoms with van der Waals surface area (Å²) in [4.78, 5) is 34.7. The van der Waals surface area contributed by atoms with E-state index in [9.17, 15) is 14.4 Å². The molecule has 3 amide bonds. The molecule has 0 rings (SSSR count). The fourth-order valence-electron chi connectivity index (χ4n) is 2.21. The van der Waals surface area contributed by atoms with Crippen LogP contribution in [0.1, 0.15) is 71.6 Å². The molecule has 0 aliphatic heterocycles. The number of rotatable bonds is 14. The first-order chi connectivity index (χ1) is 11.5. The van der Waals surface area contributed by atoms with Crippen molar-refractivity contribution in [2.24, 2.45) is 5.73 Å². The topological polar surface area (TPSA) is 111 Å².